The summed E-state index contributed by atoms with van der Waals surface area (Å²) in [6.07, 6.45) is 1.06. The van der Waals surface area contributed by atoms with Crippen molar-refractivity contribution in [2.45, 2.75) is 26.5 Å². The SMILES string of the molecule is CCCNCc1cccc(F)c1OCc1cccs1. The first-order valence-electron chi connectivity index (χ1n) is 6.44. The van der Waals surface area contributed by atoms with E-state index >= 15 is 0 Å². The van der Waals surface area contributed by atoms with E-state index in [1.807, 2.05) is 23.6 Å². The lowest BCUT2D eigenvalue weighted by Gasteiger charge is -2.12. The van der Waals surface area contributed by atoms with Gasteiger partial charge in [0.25, 0.3) is 0 Å². The van der Waals surface area contributed by atoms with Crippen LogP contribution in [0.2, 0.25) is 0 Å². The van der Waals surface area contributed by atoms with E-state index < -0.39 is 0 Å². The zero-order chi connectivity index (χ0) is 13.5. The highest BCUT2D eigenvalue weighted by Gasteiger charge is 2.10. The van der Waals surface area contributed by atoms with Crippen LogP contribution in [0.15, 0.2) is 35.7 Å². The third-order valence-corrected chi connectivity index (χ3v) is 3.58. The van der Waals surface area contributed by atoms with Crippen molar-refractivity contribution in [3.05, 3.63) is 52.0 Å². The third kappa shape index (κ3) is 4.04. The molecular weight excluding hydrogens is 261 g/mol. The normalized spacial score (nSPS) is 10.6. The minimum Gasteiger partial charge on any atom is -0.485 e. The average molecular weight is 279 g/mol. The minimum absolute atomic E-state index is 0.299. The molecule has 0 spiro atoms. The smallest absolute Gasteiger partial charge is 0.165 e. The fourth-order valence-electron chi connectivity index (χ4n) is 1.79. The second-order valence-electron chi connectivity index (χ2n) is 4.27. The van der Waals surface area contributed by atoms with E-state index in [0.29, 0.717) is 18.9 Å². The fourth-order valence-corrected chi connectivity index (χ4v) is 2.41. The zero-order valence-corrected chi connectivity index (χ0v) is 11.8. The number of hydrogen-bond acceptors (Lipinski definition) is 3. The maximum absolute atomic E-state index is 13.8. The van der Waals surface area contributed by atoms with Gasteiger partial charge in [-0.15, -0.1) is 11.3 Å². The Morgan fingerprint density at radius 3 is 2.89 bits per heavy atom. The van der Waals surface area contributed by atoms with Crippen molar-refractivity contribution in [1.29, 1.82) is 0 Å². The summed E-state index contributed by atoms with van der Waals surface area (Å²) in [5.41, 5.74) is 0.866. The molecule has 0 saturated heterocycles. The van der Waals surface area contributed by atoms with Gasteiger partial charge >= 0.3 is 0 Å². The number of halogens is 1. The van der Waals surface area contributed by atoms with Crippen LogP contribution in [0, 0.1) is 5.82 Å². The molecule has 0 aliphatic carbocycles. The summed E-state index contributed by atoms with van der Waals surface area (Å²) in [6.45, 7) is 4.07. The van der Waals surface area contributed by atoms with E-state index in [0.717, 1.165) is 23.4 Å². The van der Waals surface area contributed by atoms with Crippen molar-refractivity contribution in [2.24, 2.45) is 0 Å². The van der Waals surface area contributed by atoms with Crippen molar-refractivity contribution in [3.8, 4) is 5.75 Å². The molecule has 1 N–H and O–H groups in total. The first kappa shape index (κ1) is 14.0. The molecule has 0 amide bonds. The van der Waals surface area contributed by atoms with E-state index in [-0.39, 0.29) is 5.82 Å². The average Bonchev–Trinajstić information content (AvgIpc) is 2.91. The molecule has 0 saturated carbocycles. The van der Waals surface area contributed by atoms with Crippen LogP contribution in [0.4, 0.5) is 4.39 Å². The summed E-state index contributed by atoms with van der Waals surface area (Å²) in [7, 11) is 0. The molecule has 2 rings (SSSR count). The molecule has 0 bridgehead atoms. The molecule has 2 nitrogen and oxygen atoms in total. The number of para-hydroxylation sites is 1. The molecule has 1 aromatic heterocycles. The Kier molecular flexibility index (Phi) is 5.36. The summed E-state index contributed by atoms with van der Waals surface area (Å²) in [6, 6.07) is 9.01. The second kappa shape index (κ2) is 7.26. The molecule has 0 atom stereocenters. The lowest BCUT2D eigenvalue weighted by atomic mass is 10.2. The number of rotatable bonds is 7. The molecule has 0 aliphatic rings. The molecule has 0 unspecified atom stereocenters. The second-order valence-corrected chi connectivity index (χ2v) is 5.31. The van der Waals surface area contributed by atoms with E-state index in [1.165, 1.54) is 6.07 Å². The maximum atomic E-state index is 13.8. The topological polar surface area (TPSA) is 21.3 Å². The Labute approximate surface area is 117 Å². The number of nitrogens with one attached hydrogen (secondary N) is 1. The quantitative estimate of drug-likeness (QED) is 0.774. The summed E-state index contributed by atoms with van der Waals surface area (Å²) in [5, 5.41) is 5.26. The van der Waals surface area contributed by atoms with Crippen LogP contribution in [-0.4, -0.2) is 6.54 Å². The largest absolute Gasteiger partial charge is 0.485 e. The van der Waals surface area contributed by atoms with Crippen LogP contribution in [0.25, 0.3) is 0 Å². The Morgan fingerprint density at radius 2 is 2.16 bits per heavy atom. The van der Waals surface area contributed by atoms with Gasteiger partial charge in [0.2, 0.25) is 0 Å². The third-order valence-electron chi connectivity index (χ3n) is 2.73. The molecule has 2 aromatic rings. The van der Waals surface area contributed by atoms with Gasteiger partial charge in [-0.1, -0.05) is 25.1 Å². The van der Waals surface area contributed by atoms with Gasteiger partial charge in [0.1, 0.15) is 6.61 Å². The number of ether oxygens (including phenoxy) is 1. The van der Waals surface area contributed by atoms with Gasteiger partial charge in [-0.05, 0) is 30.5 Å². The molecule has 1 heterocycles. The van der Waals surface area contributed by atoms with Crippen molar-refractivity contribution < 1.29 is 9.13 Å². The molecule has 0 fully saturated rings. The van der Waals surface area contributed by atoms with Gasteiger partial charge in [-0.25, -0.2) is 4.39 Å². The van der Waals surface area contributed by atoms with Crippen molar-refractivity contribution in [1.82, 2.24) is 5.32 Å². The molecule has 1 aromatic carbocycles. The fraction of sp³-hybridized carbons (Fsp3) is 0.333. The molecular formula is C15H18FNOS. The first-order valence-corrected chi connectivity index (χ1v) is 7.32. The van der Waals surface area contributed by atoms with Crippen molar-refractivity contribution >= 4 is 11.3 Å². The van der Waals surface area contributed by atoms with Crippen LogP contribution in [-0.2, 0) is 13.2 Å². The minimum atomic E-state index is -0.299. The predicted octanol–water partition coefficient (Wildman–Crippen LogP) is 3.97. The van der Waals surface area contributed by atoms with Gasteiger partial charge < -0.3 is 10.1 Å². The van der Waals surface area contributed by atoms with Gasteiger partial charge in [0.15, 0.2) is 11.6 Å². The molecule has 4 heteroatoms. The standard InChI is InChI=1S/C15H18FNOS/c1-2-8-17-10-12-5-3-7-14(16)15(12)18-11-13-6-4-9-19-13/h3-7,9,17H,2,8,10-11H2,1H3. The number of thiophene rings is 1. The number of benzene rings is 1. The predicted molar refractivity (Wildman–Crippen MR) is 77.0 cm³/mol. The first-order chi connectivity index (χ1) is 9.31. The Balaban J connectivity index is 2.04. The highest BCUT2D eigenvalue weighted by molar-refractivity contribution is 7.09. The highest BCUT2D eigenvalue weighted by Crippen LogP contribution is 2.24. The Morgan fingerprint density at radius 1 is 1.26 bits per heavy atom. The molecule has 0 radical (unpaired) electrons. The zero-order valence-electron chi connectivity index (χ0n) is 11.0. The Bertz CT molecular complexity index is 499. The summed E-state index contributed by atoms with van der Waals surface area (Å²) < 4.78 is 19.5. The van der Waals surface area contributed by atoms with Crippen LogP contribution in [0.1, 0.15) is 23.8 Å². The lowest BCUT2D eigenvalue weighted by Crippen LogP contribution is -2.15. The van der Waals surface area contributed by atoms with E-state index in [4.69, 9.17) is 4.74 Å². The van der Waals surface area contributed by atoms with Gasteiger partial charge in [-0.3, -0.25) is 0 Å². The van der Waals surface area contributed by atoms with E-state index in [9.17, 15) is 4.39 Å². The molecule has 0 aliphatic heterocycles. The molecule has 19 heavy (non-hydrogen) atoms. The lowest BCUT2D eigenvalue weighted by molar-refractivity contribution is 0.289. The summed E-state index contributed by atoms with van der Waals surface area (Å²) in [5.74, 6) is 0.0619. The van der Waals surface area contributed by atoms with Gasteiger partial charge in [0, 0.05) is 17.0 Å². The van der Waals surface area contributed by atoms with Gasteiger partial charge in [-0.2, -0.15) is 0 Å². The summed E-state index contributed by atoms with van der Waals surface area (Å²) in [4.78, 5) is 1.09. The van der Waals surface area contributed by atoms with Crippen LogP contribution in [0.3, 0.4) is 0 Å². The van der Waals surface area contributed by atoms with E-state index in [1.54, 1.807) is 17.4 Å². The van der Waals surface area contributed by atoms with Gasteiger partial charge in [0.05, 0.1) is 0 Å². The Hall–Kier alpha value is -1.39. The maximum Gasteiger partial charge on any atom is 0.165 e. The summed E-state index contributed by atoms with van der Waals surface area (Å²) >= 11 is 1.61. The van der Waals surface area contributed by atoms with Crippen LogP contribution < -0.4 is 10.1 Å². The van der Waals surface area contributed by atoms with Crippen molar-refractivity contribution in [2.75, 3.05) is 6.54 Å². The number of hydrogen-bond donors (Lipinski definition) is 1. The van der Waals surface area contributed by atoms with Crippen molar-refractivity contribution in [3.63, 3.8) is 0 Å². The monoisotopic (exact) mass is 279 g/mol. The van der Waals surface area contributed by atoms with Crippen LogP contribution in [0.5, 0.6) is 5.75 Å². The van der Waals surface area contributed by atoms with E-state index in [2.05, 4.69) is 12.2 Å². The molecule has 102 valence electrons. The van der Waals surface area contributed by atoms with Crippen LogP contribution >= 0.6 is 11.3 Å². The highest BCUT2D eigenvalue weighted by atomic mass is 32.1.